The van der Waals surface area contributed by atoms with Crippen molar-refractivity contribution in [2.75, 3.05) is 45.3 Å². The van der Waals surface area contributed by atoms with Gasteiger partial charge in [0.25, 0.3) is 0 Å². The van der Waals surface area contributed by atoms with Crippen molar-refractivity contribution in [3.8, 4) is 0 Å². The lowest BCUT2D eigenvalue weighted by molar-refractivity contribution is -0.179. The summed E-state index contributed by atoms with van der Waals surface area (Å²) < 4.78 is 38.3. The molecule has 0 aromatic heterocycles. The predicted octanol–water partition coefficient (Wildman–Crippen LogP) is 2.51. The zero-order valence-corrected chi connectivity index (χ0v) is 16.8. The Morgan fingerprint density at radius 3 is 2.12 bits per heavy atom. The maximum atomic E-state index is 12.7. The average Bonchev–Trinajstić information content (AvgIpc) is 3.02. The number of benzene rings is 1. The number of nitrogens with zero attached hydrogens (tertiary/aromatic N) is 2. The highest BCUT2D eigenvalue weighted by Gasteiger charge is 2.41. The van der Waals surface area contributed by atoms with Crippen molar-refractivity contribution in [1.29, 1.82) is 0 Å². The third-order valence-electron chi connectivity index (χ3n) is 5.16. The van der Waals surface area contributed by atoms with Gasteiger partial charge in [-0.15, -0.1) is 0 Å². The summed E-state index contributed by atoms with van der Waals surface area (Å²) in [5, 5.41) is 1.33. The molecule has 2 heterocycles. The average molecular weight is 381 g/mol. The number of hydrogen-bond acceptors (Lipinski definition) is 5. The van der Waals surface area contributed by atoms with Crippen LogP contribution in [0.25, 0.3) is 6.08 Å². The largest absolute Gasteiger partial charge is 0.378 e. The second-order valence-electron chi connectivity index (χ2n) is 7.24. The highest BCUT2D eigenvalue weighted by Crippen LogP contribution is 2.32. The van der Waals surface area contributed by atoms with Gasteiger partial charge in [0.1, 0.15) is 0 Å². The first-order valence-electron chi connectivity index (χ1n) is 8.97. The summed E-state index contributed by atoms with van der Waals surface area (Å²) in [5.41, 5.74) is 4.18. The van der Waals surface area contributed by atoms with Gasteiger partial charge in [-0.1, -0.05) is 0 Å². The second-order valence-corrected chi connectivity index (χ2v) is 9.06. The third-order valence-corrected chi connectivity index (χ3v) is 6.72. The molecule has 0 atom stereocenters. The molecule has 26 heavy (non-hydrogen) atoms. The van der Waals surface area contributed by atoms with Crippen LogP contribution < -0.4 is 4.90 Å². The SMILES string of the molecule is Cc1cc(N(C)C)cc(C)c1/C=C/S(=O)(=O)N1CCC2(CC1)OCCO2. The summed E-state index contributed by atoms with van der Waals surface area (Å²) in [6.45, 7) is 6.04. The van der Waals surface area contributed by atoms with E-state index >= 15 is 0 Å². The van der Waals surface area contributed by atoms with Gasteiger partial charge in [0.15, 0.2) is 5.79 Å². The number of sulfonamides is 1. The third kappa shape index (κ3) is 3.96. The zero-order chi connectivity index (χ0) is 18.9. The van der Waals surface area contributed by atoms with Crippen molar-refractivity contribution in [3.63, 3.8) is 0 Å². The number of hydrogen-bond donors (Lipinski definition) is 0. The molecule has 0 amide bonds. The molecule has 2 aliphatic heterocycles. The number of anilines is 1. The zero-order valence-electron chi connectivity index (χ0n) is 16.0. The number of piperidine rings is 1. The van der Waals surface area contributed by atoms with E-state index in [1.807, 2.05) is 32.8 Å². The minimum absolute atomic E-state index is 0.421. The van der Waals surface area contributed by atoms with Crippen LogP contribution in [0.15, 0.2) is 17.5 Å². The van der Waals surface area contributed by atoms with E-state index in [9.17, 15) is 8.42 Å². The van der Waals surface area contributed by atoms with Gasteiger partial charge in [-0.25, -0.2) is 8.42 Å². The molecule has 1 spiro atoms. The van der Waals surface area contributed by atoms with Crippen LogP contribution in [0, 0.1) is 13.8 Å². The molecule has 0 radical (unpaired) electrons. The van der Waals surface area contributed by atoms with E-state index in [1.165, 1.54) is 9.71 Å². The first-order valence-corrected chi connectivity index (χ1v) is 10.5. The van der Waals surface area contributed by atoms with Crippen LogP contribution in [-0.4, -0.2) is 58.9 Å². The highest BCUT2D eigenvalue weighted by atomic mass is 32.2. The van der Waals surface area contributed by atoms with Crippen LogP contribution in [0.3, 0.4) is 0 Å². The molecule has 2 fully saturated rings. The molecule has 144 valence electrons. The van der Waals surface area contributed by atoms with Gasteiger partial charge in [-0.05, 0) is 48.7 Å². The Balaban J connectivity index is 1.73. The Hall–Kier alpha value is -1.41. The lowest BCUT2D eigenvalue weighted by atomic mass is 10.0. The fraction of sp³-hybridized carbons (Fsp3) is 0.579. The van der Waals surface area contributed by atoms with E-state index < -0.39 is 15.8 Å². The Morgan fingerprint density at radius 2 is 1.62 bits per heavy atom. The Kier molecular flexibility index (Phi) is 5.44. The van der Waals surface area contributed by atoms with Gasteiger partial charge in [-0.3, -0.25) is 0 Å². The standard InChI is InChI=1S/C19H28N2O4S/c1-15-13-17(20(3)4)14-16(2)18(15)5-12-26(22,23)21-8-6-19(7-9-21)24-10-11-25-19/h5,12-14H,6-11H2,1-4H3/b12-5+. The van der Waals surface area contributed by atoms with Crippen molar-refractivity contribution in [1.82, 2.24) is 4.31 Å². The van der Waals surface area contributed by atoms with Crippen molar-refractivity contribution >= 4 is 21.8 Å². The van der Waals surface area contributed by atoms with Crippen molar-refractivity contribution < 1.29 is 17.9 Å². The lowest BCUT2D eigenvalue weighted by Crippen LogP contribution is -2.46. The van der Waals surface area contributed by atoms with E-state index in [-0.39, 0.29) is 0 Å². The van der Waals surface area contributed by atoms with E-state index in [0.717, 1.165) is 22.4 Å². The van der Waals surface area contributed by atoms with Gasteiger partial charge in [-0.2, -0.15) is 4.31 Å². The van der Waals surface area contributed by atoms with Crippen LogP contribution in [-0.2, 0) is 19.5 Å². The van der Waals surface area contributed by atoms with E-state index in [0.29, 0.717) is 39.1 Å². The van der Waals surface area contributed by atoms with Gasteiger partial charge in [0.05, 0.1) is 13.2 Å². The van der Waals surface area contributed by atoms with Gasteiger partial charge < -0.3 is 14.4 Å². The van der Waals surface area contributed by atoms with Crippen LogP contribution in [0.4, 0.5) is 5.69 Å². The molecule has 7 heteroatoms. The summed E-state index contributed by atoms with van der Waals surface area (Å²) in [5.74, 6) is -0.565. The quantitative estimate of drug-likeness (QED) is 0.803. The molecular formula is C19H28N2O4S. The molecule has 6 nitrogen and oxygen atoms in total. The van der Waals surface area contributed by atoms with Crippen LogP contribution in [0.5, 0.6) is 0 Å². The number of ether oxygens (including phenoxy) is 2. The van der Waals surface area contributed by atoms with Crippen molar-refractivity contribution in [2.24, 2.45) is 0 Å². The summed E-state index contributed by atoms with van der Waals surface area (Å²) >= 11 is 0. The Morgan fingerprint density at radius 1 is 1.08 bits per heavy atom. The number of aryl methyl sites for hydroxylation is 2. The Labute approximate surface area is 156 Å². The topological polar surface area (TPSA) is 59.1 Å². The summed E-state index contributed by atoms with van der Waals surface area (Å²) in [4.78, 5) is 2.04. The van der Waals surface area contributed by atoms with E-state index in [2.05, 4.69) is 12.1 Å². The van der Waals surface area contributed by atoms with Gasteiger partial charge in [0, 0.05) is 51.1 Å². The minimum atomic E-state index is -3.46. The van der Waals surface area contributed by atoms with Crippen molar-refractivity contribution in [2.45, 2.75) is 32.5 Å². The molecule has 0 aliphatic carbocycles. The fourth-order valence-corrected chi connectivity index (χ4v) is 4.75. The maximum absolute atomic E-state index is 12.7. The van der Waals surface area contributed by atoms with Crippen LogP contribution >= 0.6 is 0 Å². The molecule has 1 aromatic rings. The molecule has 0 bridgehead atoms. The fourth-order valence-electron chi connectivity index (χ4n) is 3.58. The first-order chi connectivity index (χ1) is 12.2. The van der Waals surface area contributed by atoms with Crippen molar-refractivity contribution in [3.05, 3.63) is 34.2 Å². The van der Waals surface area contributed by atoms with Gasteiger partial charge in [0.2, 0.25) is 10.0 Å². The molecule has 0 unspecified atom stereocenters. The van der Waals surface area contributed by atoms with Crippen LogP contribution in [0.1, 0.15) is 29.5 Å². The normalized spacial score (nSPS) is 20.9. The molecule has 3 rings (SSSR count). The maximum Gasteiger partial charge on any atom is 0.236 e. The Bertz CT molecular complexity index is 763. The molecule has 2 aliphatic rings. The second kappa shape index (κ2) is 7.31. The predicted molar refractivity (Wildman–Crippen MR) is 104 cm³/mol. The first kappa shape index (κ1) is 19.4. The summed E-state index contributed by atoms with van der Waals surface area (Å²) in [6.07, 6.45) is 2.87. The summed E-state index contributed by atoms with van der Waals surface area (Å²) in [6, 6.07) is 4.14. The van der Waals surface area contributed by atoms with E-state index in [4.69, 9.17) is 9.47 Å². The molecular weight excluding hydrogens is 352 g/mol. The molecule has 1 aromatic carbocycles. The highest BCUT2D eigenvalue weighted by molar-refractivity contribution is 7.92. The van der Waals surface area contributed by atoms with Gasteiger partial charge >= 0.3 is 0 Å². The number of rotatable bonds is 4. The molecule has 2 saturated heterocycles. The molecule has 0 N–H and O–H groups in total. The van der Waals surface area contributed by atoms with Crippen LogP contribution in [0.2, 0.25) is 0 Å². The smallest absolute Gasteiger partial charge is 0.236 e. The lowest BCUT2D eigenvalue weighted by Gasteiger charge is -2.36. The minimum Gasteiger partial charge on any atom is -0.378 e. The van der Waals surface area contributed by atoms with E-state index in [1.54, 1.807) is 6.08 Å². The monoisotopic (exact) mass is 380 g/mol. The molecule has 0 saturated carbocycles. The summed E-state index contributed by atoms with van der Waals surface area (Å²) in [7, 11) is 0.534.